The third-order valence-electron chi connectivity index (χ3n) is 5.45. The van der Waals surface area contributed by atoms with Crippen LogP contribution >= 0.6 is 0 Å². The fraction of sp³-hybridized carbons (Fsp3) is 0.304. The average molecular weight is 455 g/mol. The van der Waals surface area contributed by atoms with Gasteiger partial charge in [-0.25, -0.2) is 18.4 Å². The molecule has 0 saturated carbocycles. The molecule has 1 saturated heterocycles. The van der Waals surface area contributed by atoms with Crippen LogP contribution in [0.1, 0.15) is 5.82 Å². The highest BCUT2D eigenvalue weighted by Gasteiger charge is 2.31. The number of anilines is 1. The molecule has 0 bridgehead atoms. The van der Waals surface area contributed by atoms with Gasteiger partial charge in [-0.05, 0) is 19.1 Å². The lowest BCUT2D eigenvalue weighted by Crippen LogP contribution is -2.49. The van der Waals surface area contributed by atoms with Gasteiger partial charge in [0.25, 0.3) is 0 Å². The number of hydrogen-bond acceptors (Lipinski definition) is 7. The van der Waals surface area contributed by atoms with Crippen molar-refractivity contribution in [3.63, 3.8) is 0 Å². The monoisotopic (exact) mass is 454 g/mol. The van der Waals surface area contributed by atoms with E-state index in [0.717, 1.165) is 17.1 Å². The third kappa shape index (κ3) is 4.39. The lowest BCUT2D eigenvalue weighted by molar-refractivity contribution is 0.370. The second kappa shape index (κ2) is 9.13. The van der Waals surface area contributed by atoms with Gasteiger partial charge in [-0.3, -0.25) is 0 Å². The number of sulfonamides is 1. The van der Waals surface area contributed by atoms with Crippen LogP contribution in [0.2, 0.25) is 0 Å². The van der Waals surface area contributed by atoms with Gasteiger partial charge in [-0.1, -0.05) is 30.3 Å². The molecule has 0 unspecified atom stereocenters. The summed E-state index contributed by atoms with van der Waals surface area (Å²) in [7, 11) is -0.770. The van der Waals surface area contributed by atoms with Gasteiger partial charge in [0.2, 0.25) is 10.0 Å². The Bertz CT molecular complexity index is 1190. The maximum Gasteiger partial charge on any atom is 0.247 e. The number of rotatable bonds is 6. The molecule has 32 heavy (non-hydrogen) atoms. The van der Waals surface area contributed by atoms with Crippen LogP contribution in [0.15, 0.2) is 59.5 Å². The van der Waals surface area contributed by atoms with Gasteiger partial charge in [-0.15, -0.1) is 0 Å². The van der Waals surface area contributed by atoms with Crippen LogP contribution in [-0.4, -0.2) is 63.1 Å². The number of aromatic nitrogens is 2. The highest BCUT2D eigenvalue weighted by atomic mass is 32.2. The Morgan fingerprint density at radius 3 is 2.25 bits per heavy atom. The zero-order valence-electron chi connectivity index (χ0n) is 18.4. The molecule has 2 aromatic carbocycles. The Labute approximate surface area is 188 Å². The molecule has 0 N–H and O–H groups in total. The van der Waals surface area contributed by atoms with Crippen molar-refractivity contribution in [2.24, 2.45) is 0 Å². The first-order valence-corrected chi connectivity index (χ1v) is 11.7. The maximum atomic E-state index is 13.3. The highest BCUT2D eigenvalue weighted by Crippen LogP contribution is 2.31. The molecule has 1 aliphatic rings. The van der Waals surface area contributed by atoms with Crippen molar-refractivity contribution in [2.75, 3.05) is 45.3 Å². The molecular formula is C23H26N4O4S. The number of benzene rings is 2. The molecule has 1 fully saturated rings. The van der Waals surface area contributed by atoms with Gasteiger partial charge in [-0.2, -0.15) is 4.31 Å². The van der Waals surface area contributed by atoms with Crippen LogP contribution in [0.25, 0.3) is 11.3 Å². The molecule has 1 aliphatic heterocycles. The zero-order valence-corrected chi connectivity index (χ0v) is 19.2. The molecule has 3 aromatic rings. The van der Waals surface area contributed by atoms with Crippen molar-refractivity contribution >= 4 is 15.8 Å². The number of aryl methyl sites for hydroxylation is 1. The number of piperazine rings is 1. The van der Waals surface area contributed by atoms with E-state index in [0.29, 0.717) is 43.5 Å². The molecule has 8 nitrogen and oxygen atoms in total. The first-order chi connectivity index (χ1) is 15.4. The maximum absolute atomic E-state index is 13.3. The molecule has 0 atom stereocenters. The fourth-order valence-electron chi connectivity index (χ4n) is 3.75. The zero-order chi connectivity index (χ0) is 22.7. The molecule has 2 heterocycles. The molecule has 1 aromatic heterocycles. The van der Waals surface area contributed by atoms with Gasteiger partial charge in [0.1, 0.15) is 28.0 Å². The van der Waals surface area contributed by atoms with Crippen LogP contribution in [0.5, 0.6) is 11.5 Å². The van der Waals surface area contributed by atoms with E-state index in [9.17, 15) is 8.42 Å². The minimum Gasteiger partial charge on any atom is -0.497 e. The van der Waals surface area contributed by atoms with Crippen LogP contribution < -0.4 is 14.4 Å². The summed E-state index contributed by atoms with van der Waals surface area (Å²) in [5.41, 5.74) is 1.87. The van der Waals surface area contributed by atoms with E-state index >= 15 is 0 Å². The molecular weight excluding hydrogens is 428 g/mol. The summed E-state index contributed by atoms with van der Waals surface area (Å²) in [6.07, 6.45) is 0. The Morgan fingerprint density at radius 2 is 1.59 bits per heavy atom. The molecule has 0 aliphatic carbocycles. The summed E-state index contributed by atoms with van der Waals surface area (Å²) in [6, 6.07) is 16.7. The van der Waals surface area contributed by atoms with Crippen molar-refractivity contribution in [2.45, 2.75) is 11.8 Å². The minimum atomic E-state index is -3.73. The third-order valence-corrected chi connectivity index (χ3v) is 7.37. The molecule has 168 valence electrons. The molecule has 4 rings (SSSR count). The quantitative estimate of drug-likeness (QED) is 0.566. The minimum absolute atomic E-state index is 0.108. The van der Waals surface area contributed by atoms with Crippen LogP contribution in [-0.2, 0) is 10.0 Å². The van der Waals surface area contributed by atoms with Gasteiger partial charge >= 0.3 is 0 Å². The van der Waals surface area contributed by atoms with Crippen molar-refractivity contribution in [3.8, 4) is 22.8 Å². The normalized spacial score (nSPS) is 14.9. The Balaban J connectivity index is 1.54. The van der Waals surface area contributed by atoms with Crippen LogP contribution in [0.3, 0.4) is 0 Å². The van der Waals surface area contributed by atoms with E-state index in [1.807, 2.05) is 43.3 Å². The lowest BCUT2D eigenvalue weighted by atomic mass is 10.1. The van der Waals surface area contributed by atoms with Crippen molar-refractivity contribution < 1.29 is 17.9 Å². The molecule has 9 heteroatoms. The smallest absolute Gasteiger partial charge is 0.247 e. The molecule has 0 spiro atoms. The molecule has 0 radical (unpaired) electrons. The largest absolute Gasteiger partial charge is 0.497 e. The average Bonchev–Trinajstić information content (AvgIpc) is 2.83. The predicted molar refractivity (Wildman–Crippen MR) is 123 cm³/mol. The van der Waals surface area contributed by atoms with Gasteiger partial charge < -0.3 is 14.4 Å². The first kappa shape index (κ1) is 22.0. The summed E-state index contributed by atoms with van der Waals surface area (Å²) in [4.78, 5) is 11.3. The topological polar surface area (TPSA) is 84.9 Å². The predicted octanol–water partition coefficient (Wildman–Crippen LogP) is 2.98. The summed E-state index contributed by atoms with van der Waals surface area (Å²) in [5, 5.41) is 0. The van der Waals surface area contributed by atoms with Gasteiger partial charge in [0.15, 0.2) is 0 Å². The van der Waals surface area contributed by atoms with E-state index in [2.05, 4.69) is 14.9 Å². The highest BCUT2D eigenvalue weighted by molar-refractivity contribution is 7.89. The van der Waals surface area contributed by atoms with E-state index in [-0.39, 0.29) is 4.90 Å². The van der Waals surface area contributed by atoms with E-state index < -0.39 is 10.0 Å². The summed E-state index contributed by atoms with van der Waals surface area (Å²) < 4.78 is 38.6. The van der Waals surface area contributed by atoms with E-state index in [4.69, 9.17) is 9.47 Å². The number of ether oxygens (including phenoxy) is 2. The van der Waals surface area contributed by atoms with Gasteiger partial charge in [0, 0.05) is 43.9 Å². The Kier molecular flexibility index (Phi) is 6.29. The van der Waals surface area contributed by atoms with Gasteiger partial charge in [0.05, 0.1) is 19.9 Å². The number of methoxy groups -OCH3 is 2. The van der Waals surface area contributed by atoms with Crippen molar-refractivity contribution in [3.05, 3.63) is 60.4 Å². The second-order valence-corrected chi connectivity index (χ2v) is 9.34. The Hall–Kier alpha value is -3.17. The van der Waals surface area contributed by atoms with Crippen molar-refractivity contribution in [1.29, 1.82) is 0 Å². The standard InChI is InChI=1S/C23H26N4O4S/c1-17-24-20(18-7-5-4-6-8-18)16-23(25-17)26-11-13-27(14-12-26)32(28,29)22-15-19(30-2)9-10-21(22)31-3/h4-10,15-16H,11-14H2,1-3H3. The summed E-state index contributed by atoms with van der Waals surface area (Å²) >= 11 is 0. The Morgan fingerprint density at radius 1 is 0.875 bits per heavy atom. The second-order valence-electron chi connectivity index (χ2n) is 7.43. The SMILES string of the molecule is COc1ccc(OC)c(S(=O)(=O)N2CCN(c3cc(-c4ccccc4)nc(C)n3)CC2)c1. The van der Waals surface area contributed by atoms with Crippen LogP contribution in [0, 0.1) is 6.92 Å². The molecule has 0 amide bonds. The number of hydrogen-bond donors (Lipinski definition) is 0. The fourth-order valence-corrected chi connectivity index (χ4v) is 5.35. The first-order valence-electron chi connectivity index (χ1n) is 10.3. The van der Waals surface area contributed by atoms with E-state index in [1.54, 1.807) is 12.1 Å². The summed E-state index contributed by atoms with van der Waals surface area (Å²) in [5.74, 6) is 2.24. The summed E-state index contributed by atoms with van der Waals surface area (Å²) in [6.45, 7) is 3.59. The van der Waals surface area contributed by atoms with E-state index in [1.165, 1.54) is 24.6 Å². The van der Waals surface area contributed by atoms with Crippen molar-refractivity contribution in [1.82, 2.24) is 14.3 Å². The number of nitrogens with zero attached hydrogens (tertiary/aromatic N) is 4. The van der Waals surface area contributed by atoms with Crippen LogP contribution in [0.4, 0.5) is 5.82 Å². The lowest BCUT2D eigenvalue weighted by Gasteiger charge is -2.35.